The van der Waals surface area contributed by atoms with Gasteiger partial charge in [-0.05, 0) is 37.0 Å². The smallest absolute Gasteiger partial charge is 0.306 e. The van der Waals surface area contributed by atoms with E-state index in [4.69, 9.17) is 14.2 Å². The van der Waals surface area contributed by atoms with Crippen LogP contribution in [-0.2, 0) is 28.6 Å². The Morgan fingerprint density at radius 3 is 0.852 bits per heavy atom. The van der Waals surface area contributed by atoms with Crippen molar-refractivity contribution in [1.29, 1.82) is 0 Å². The summed E-state index contributed by atoms with van der Waals surface area (Å²) < 4.78 is 16.8. The molecular formula is C55H106O6. The summed E-state index contributed by atoms with van der Waals surface area (Å²) in [5, 5.41) is 0. The summed E-state index contributed by atoms with van der Waals surface area (Å²) in [5.74, 6) is 1.67. The molecule has 0 rings (SSSR count). The minimum Gasteiger partial charge on any atom is -0.462 e. The van der Waals surface area contributed by atoms with Crippen LogP contribution in [0, 0.1) is 17.8 Å². The van der Waals surface area contributed by atoms with Gasteiger partial charge in [0.1, 0.15) is 13.2 Å². The molecule has 0 aromatic carbocycles. The number of unbranched alkanes of at least 4 members (excludes halogenated alkanes) is 30. The van der Waals surface area contributed by atoms with Gasteiger partial charge in [0.05, 0.1) is 0 Å². The van der Waals surface area contributed by atoms with E-state index in [1.807, 2.05) is 0 Å². The molecule has 0 heterocycles. The lowest BCUT2D eigenvalue weighted by Crippen LogP contribution is -2.30. The van der Waals surface area contributed by atoms with Gasteiger partial charge in [-0.15, -0.1) is 0 Å². The first-order valence-corrected chi connectivity index (χ1v) is 27.1. The normalized spacial score (nSPS) is 12.6. The SMILES string of the molecule is CCC(C)CCCCCCCCCCCCC(=O)OC[C@@H](COC(=O)CCCCCCCCCCCC(C)C)OC(=O)CCCCCCCCCCCCCCCCC(C)C. The average molecular weight is 863 g/mol. The summed E-state index contributed by atoms with van der Waals surface area (Å²) in [7, 11) is 0. The quantitative estimate of drug-likeness (QED) is 0.0344. The Kier molecular flexibility index (Phi) is 45.2. The molecule has 0 N–H and O–H groups in total. The molecule has 2 atom stereocenters. The maximum absolute atomic E-state index is 12.8. The van der Waals surface area contributed by atoms with Gasteiger partial charge < -0.3 is 14.2 Å². The number of hydrogen-bond acceptors (Lipinski definition) is 6. The Labute approximate surface area is 380 Å². The van der Waals surface area contributed by atoms with Crippen LogP contribution in [0.15, 0.2) is 0 Å². The molecule has 0 spiro atoms. The third-order valence-corrected chi connectivity index (χ3v) is 12.8. The highest BCUT2D eigenvalue weighted by molar-refractivity contribution is 5.71. The Bertz CT molecular complexity index is 947. The van der Waals surface area contributed by atoms with E-state index >= 15 is 0 Å². The van der Waals surface area contributed by atoms with E-state index in [9.17, 15) is 14.4 Å². The molecule has 0 aromatic rings. The number of carbonyl (C=O) groups is 3. The molecular weight excluding hydrogens is 757 g/mol. The van der Waals surface area contributed by atoms with Gasteiger partial charge in [-0.25, -0.2) is 0 Å². The van der Waals surface area contributed by atoms with Crippen molar-refractivity contribution in [2.24, 2.45) is 17.8 Å². The van der Waals surface area contributed by atoms with E-state index in [1.165, 1.54) is 180 Å². The molecule has 0 aromatic heterocycles. The van der Waals surface area contributed by atoms with Crippen molar-refractivity contribution < 1.29 is 28.6 Å². The zero-order chi connectivity index (χ0) is 44.9. The molecule has 0 radical (unpaired) electrons. The number of rotatable bonds is 48. The van der Waals surface area contributed by atoms with Crippen LogP contribution in [0.3, 0.4) is 0 Å². The zero-order valence-corrected chi connectivity index (χ0v) is 42.0. The van der Waals surface area contributed by atoms with Gasteiger partial charge in [-0.2, -0.15) is 0 Å². The van der Waals surface area contributed by atoms with Crippen LogP contribution in [-0.4, -0.2) is 37.2 Å². The molecule has 0 aliphatic heterocycles. The van der Waals surface area contributed by atoms with Crippen LogP contribution in [0.1, 0.15) is 298 Å². The van der Waals surface area contributed by atoms with Crippen LogP contribution in [0.4, 0.5) is 0 Å². The summed E-state index contributed by atoms with van der Waals surface area (Å²) in [6.45, 7) is 13.7. The number of ether oxygens (including phenoxy) is 3. The second-order valence-corrected chi connectivity index (χ2v) is 20.1. The first kappa shape index (κ1) is 59.4. The van der Waals surface area contributed by atoms with Crippen molar-refractivity contribution in [2.45, 2.75) is 304 Å². The minimum absolute atomic E-state index is 0.0645. The summed E-state index contributed by atoms with van der Waals surface area (Å²) in [6.07, 6.45) is 46.6. The number of esters is 3. The summed E-state index contributed by atoms with van der Waals surface area (Å²) >= 11 is 0. The Balaban J connectivity index is 4.32. The molecule has 1 unspecified atom stereocenters. The molecule has 362 valence electrons. The molecule has 6 nitrogen and oxygen atoms in total. The molecule has 6 heteroatoms. The fourth-order valence-corrected chi connectivity index (χ4v) is 8.26. The Morgan fingerprint density at radius 2 is 0.574 bits per heavy atom. The monoisotopic (exact) mass is 863 g/mol. The minimum atomic E-state index is -0.763. The summed E-state index contributed by atoms with van der Waals surface area (Å²) in [4.78, 5) is 38.0. The van der Waals surface area contributed by atoms with Gasteiger partial charge in [0.25, 0.3) is 0 Å². The molecule has 0 aliphatic rings. The second kappa shape index (κ2) is 46.4. The topological polar surface area (TPSA) is 78.9 Å². The standard InChI is InChI=1S/C55H106O6/c1-7-51(6)43-37-31-25-19-14-15-20-26-32-38-44-53(56)59-47-52(48-60-54(57)45-39-33-27-22-16-18-24-30-36-42-50(4)5)61-55(58)46-40-34-28-21-13-11-9-8-10-12-17-23-29-35-41-49(2)3/h49-52H,7-48H2,1-6H3/t51?,52-/m0/s1. The molecule has 0 aliphatic carbocycles. The third kappa shape index (κ3) is 47.7. The molecule has 61 heavy (non-hydrogen) atoms. The van der Waals surface area contributed by atoms with Gasteiger partial charge >= 0.3 is 17.9 Å². The lowest BCUT2D eigenvalue weighted by atomic mass is 9.99. The van der Waals surface area contributed by atoms with Crippen molar-refractivity contribution in [2.75, 3.05) is 13.2 Å². The zero-order valence-electron chi connectivity index (χ0n) is 42.0. The van der Waals surface area contributed by atoms with E-state index in [0.29, 0.717) is 19.3 Å². The van der Waals surface area contributed by atoms with Crippen molar-refractivity contribution in [3.63, 3.8) is 0 Å². The second-order valence-electron chi connectivity index (χ2n) is 20.1. The van der Waals surface area contributed by atoms with Gasteiger partial charge in [0, 0.05) is 19.3 Å². The summed E-state index contributed by atoms with van der Waals surface area (Å²) in [5.41, 5.74) is 0. The van der Waals surface area contributed by atoms with Crippen LogP contribution < -0.4 is 0 Å². The van der Waals surface area contributed by atoms with Gasteiger partial charge in [-0.3, -0.25) is 14.4 Å². The number of carbonyl (C=O) groups excluding carboxylic acids is 3. The van der Waals surface area contributed by atoms with Crippen LogP contribution >= 0.6 is 0 Å². The first-order valence-electron chi connectivity index (χ1n) is 27.1. The van der Waals surface area contributed by atoms with Crippen LogP contribution in [0.25, 0.3) is 0 Å². The Morgan fingerprint density at radius 1 is 0.328 bits per heavy atom. The van der Waals surface area contributed by atoms with Crippen molar-refractivity contribution in [1.82, 2.24) is 0 Å². The molecule has 0 saturated carbocycles. The fraction of sp³-hybridized carbons (Fsp3) is 0.945. The molecule has 0 bridgehead atoms. The highest BCUT2D eigenvalue weighted by Crippen LogP contribution is 2.18. The highest BCUT2D eigenvalue weighted by atomic mass is 16.6. The number of hydrogen-bond donors (Lipinski definition) is 0. The highest BCUT2D eigenvalue weighted by Gasteiger charge is 2.19. The lowest BCUT2D eigenvalue weighted by Gasteiger charge is -2.18. The maximum atomic E-state index is 12.8. The van der Waals surface area contributed by atoms with E-state index in [1.54, 1.807) is 0 Å². The largest absolute Gasteiger partial charge is 0.462 e. The van der Waals surface area contributed by atoms with E-state index in [2.05, 4.69) is 41.5 Å². The average Bonchev–Trinajstić information content (AvgIpc) is 3.23. The van der Waals surface area contributed by atoms with E-state index in [0.717, 1.165) is 75.5 Å². The Hall–Kier alpha value is -1.59. The molecule has 0 fully saturated rings. The fourth-order valence-electron chi connectivity index (χ4n) is 8.26. The van der Waals surface area contributed by atoms with E-state index < -0.39 is 6.10 Å². The van der Waals surface area contributed by atoms with Crippen molar-refractivity contribution in [3.8, 4) is 0 Å². The van der Waals surface area contributed by atoms with E-state index in [-0.39, 0.29) is 31.1 Å². The molecule has 0 saturated heterocycles. The molecule has 0 amide bonds. The van der Waals surface area contributed by atoms with Crippen LogP contribution in [0.5, 0.6) is 0 Å². The predicted molar refractivity (Wildman–Crippen MR) is 261 cm³/mol. The summed E-state index contributed by atoms with van der Waals surface area (Å²) in [6, 6.07) is 0. The van der Waals surface area contributed by atoms with Gasteiger partial charge in [0.15, 0.2) is 6.10 Å². The van der Waals surface area contributed by atoms with Gasteiger partial charge in [-0.1, -0.05) is 260 Å². The van der Waals surface area contributed by atoms with Gasteiger partial charge in [0.2, 0.25) is 0 Å². The maximum Gasteiger partial charge on any atom is 0.306 e. The van der Waals surface area contributed by atoms with Crippen molar-refractivity contribution in [3.05, 3.63) is 0 Å². The first-order chi connectivity index (χ1) is 29.6. The third-order valence-electron chi connectivity index (χ3n) is 12.8. The van der Waals surface area contributed by atoms with Crippen molar-refractivity contribution >= 4 is 17.9 Å². The lowest BCUT2D eigenvalue weighted by molar-refractivity contribution is -0.167. The van der Waals surface area contributed by atoms with Crippen LogP contribution in [0.2, 0.25) is 0 Å². The predicted octanol–water partition coefficient (Wildman–Crippen LogP) is 17.6.